The summed E-state index contributed by atoms with van der Waals surface area (Å²) in [5.74, 6) is 1.96. The lowest BCUT2D eigenvalue weighted by Gasteiger charge is -2.22. The van der Waals surface area contributed by atoms with Crippen LogP contribution in [0.3, 0.4) is 0 Å². The molecule has 8 rings (SSSR count). The number of nitriles is 1. The predicted octanol–water partition coefficient (Wildman–Crippen LogP) is 9.56. The molecule has 0 unspecified atom stereocenters. The van der Waals surface area contributed by atoms with Crippen molar-refractivity contribution in [3.8, 4) is 51.2 Å². The van der Waals surface area contributed by atoms with E-state index >= 15 is 0 Å². The molecule has 57 heavy (non-hydrogen) atoms. The summed E-state index contributed by atoms with van der Waals surface area (Å²) in [6, 6.07) is 17.7. The third-order valence-electron chi connectivity index (χ3n) is 9.99. The molecule has 1 aliphatic heterocycles. The fraction of sp³-hybridized carbons (Fsp3) is 0.295. The number of pyridine rings is 3. The molecule has 0 radical (unpaired) electrons. The first-order valence-corrected chi connectivity index (χ1v) is 18.6. The Hall–Kier alpha value is -6.55. The number of alkyl halides is 2. The van der Waals surface area contributed by atoms with Gasteiger partial charge in [0.15, 0.2) is 23.3 Å². The van der Waals surface area contributed by atoms with Gasteiger partial charge in [-0.3, -0.25) is 4.79 Å². The Balaban J connectivity index is 1.04. The van der Waals surface area contributed by atoms with Crippen LogP contribution in [0.4, 0.5) is 8.78 Å². The first kappa shape index (κ1) is 37.4. The molecule has 1 aliphatic rings. The Morgan fingerprint density at radius 2 is 1.46 bits per heavy atom. The molecule has 0 N–H and O–H groups in total. The van der Waals surface area contributed by atoms with Crippen LogP contribution in [0, 0.1) is 22.2 Å². The molecule has 11 nitrogen and oxygen atoms in total. The standard InChI is InChI=1S/C44H40F2N8O3/c1-43(2,3)18-37-49-22-34(56-37)30-10-9-28(20-47)51-39(30)26-13-14-54-29(21-48-36(54)16-26)17-44(4,5)19-38-50-23-35(57-38)31-11-12-33(41(45)46)52-40(31)25-7-8-27-24-53(6)42(55)32(27)15-25/h7-16,21-23,41H,17-19,24H2,1-6H3. The van der Waals surface area contributed by atoms with Crippen LogP contribution in [0.1, 0.15) is 85.8 Å². The molecular formula is C44H40F2N8O3. The van der Waals surface area contributed by atoms with Crippen LogP contribution >= 0.6 is 0 Å². The molecule has 0 spiro atoms. The topological polar surface area (TPSA) is 139 Å². The molecule has 0 atom stereocenters. The summed E-state index contributed by atoms with van der Waals surface area (Å²) in [6.45, 7) is 11.1. The monoisotopic (exact) mass is 766 g/mol. The highest BCUT2D eigenvalue weighted by Crippen LogP contribution is 2.38. The van der Waals surface area contributed by atoms with Gasteiger partial charge in [-0.1, -0.05) is 46.8 Å². The van der Waals surface area contributed by atoms with E-state index in [9.17, 15) is 18.8 Å². The lowest BCUT2D eigenvalue weighted by molar-refractivity contribution is 0.0816. The maximum Gasteiger partial charge on any atom is 0.280 e. The van der Waals surface area contributed by atoms with Gasteiger partial charge in [-0.05, 0) is 65.3 Å². The van der Waals surface area contributed by atoms with E-state index in [4.69, 9.17) is 13.8 Å². The zero-order valence-corrected chi connectivity index (χ0v) is 32.5. The summed E-state index contributed by atoms with van der Waals surface area (Å²) in [5, 5.41) is 9.67. The van der Waals surface area contributed by atoms with Gasteiger partial charge in [-0.2, -0.15) is 5.26 Å². The van der Waals surface area contributed by atoms with Crippen molar-refractivity contribution in [2.75, 3.05) is 7.05 Å². The second-order valence-electron chi connectivity index (χ2n) is 16.6. The molecule has 0 bridgehead atoms. The number of hydrogen-bond donors (Lipinski definition) is 0. The summed E-state index contributed by atoms with van der Waals surface area (Å²) in [6.07, 6.45) is 6.09. The number of oxazole rings is 2. The van der Waals surface area contributed by atoms with Gasteiger partial charge in [0.1, 0.15) is 23.1 Å². The number of carbonyl (C=O) groups is 1. The van der Waals surface area contributed by atoms with E-state index in [0.29, 0.717) is 77.1 Å². The number of fused-ring (bicyclic) bond motifs is 2. The van der Waals surface area contributed by atoms with Crippen molar-refractivity contribution in [2.24, 2.45) is 10.8 Å². The molecular weight excluding hydrogens is 727 g/mol. The minimum Gasteiger partial charge on any atom is -0.441 e. The third-order valence-corrected chi connectivity index (χ3v) is 9.99. The fourth-order valence-corrected chi connectivity index (χ4v) is 7.31. The minimum atomic E-state index is -2.77. The Kier molecular flexibility index (Phi) is 9.30. The van der Waals surface area contributed by atoms with Crippen molar-refractivity contribution in [3.05, 3.63) is 119 Å². The minimum absolute atomic E-state index is 0.00310. The van der Waals surface area contributed by atoms with Crippen molar-refractivity contribution >= 4 is 11.6 Å². The number of benzene rings is 1. The molecule has 0 saturated carbocycles. The summed E-state index contributed by atoms with van der Waals surface area (Å²) in [7, 11) is 1.72. The van der Waals surface area contributed by atoms with Gasteiger partial charge in [0.25, 0.3) is 12.3 Å². The third kappa shape index (κ3) is 7.55. The van der Waals surface area contributed by atoms with E-state index in [-0.39, 0.29) is 33.8 Å². The van der Waals surface area contributed by atoms with E-state index in [2.05, 4.69) is 60.6 Å². The Bertz CT molecular complexity index is 2710. The van der Waals surface area contributed by atoms with Crippen molar-refractivity contribution < 1.29 is 22.4 Å². The van der Waals surface area contributed by atoms with E-state index in [0.717, 1.165) is 22.4 Å². The average molecular weight is 767 g/mol. The van der Waals surface area contributed by atoms with Crippen LogP contribution < -0.4 is 0 Å². The normalized spacial score (nSPS) is 13.2. The Morgan fingerprint density at radius 1 is 0.789 bits per heavy atom. The number of aromatic nitrogens is 6. The highest BCUT2D eigenvalue weighted by Gasteiger charge is 2.28. The van der Waals surface area contributed by atoms with Gasteiger partial charge < -0.3 is 18.1 Å². The summed E-state index contributed by atoms with van der Waals surface area (Å²) in [5.41, 5.74) is 6.10. The predicted molar refractivity (Wildman–Crippen MR) is 209 cm³/mol. The number of hydrogen-bond acceptors (Lipinski definition) is 9. The zero-order chi connectivity index (χ0) is 40.2. The number of carbonyl (C=O) groups excluding carboxylic acids is 1. The van der Waals surface area contributed by atoms with E-state index < -0.39 is 6.43 Å². The number of amides is 1. The van der Waals surface area contributed by atoms with Crippen LogP contribution in [0.5, 0.6) is 0 Å². The second-order valence-corrected chi connectivity index (χ2v) is 16.6. The number of imidazole rings is 1. The Morgan fingerprint density at radius 3 is 2.14 bits per heavy atom. The van der Waals surface area contributed by atoms with Crippen LogP contribution in [0.15, 0.2) is 88.2 Å². The number of nitrogens with zero attached hydrogens (tertiary/aromatic N) is 8. The molecule has 7 heterocycles. The summed E-state index contributed by atoms with van der Waals surface area (Å²) < 4.78 is 42.1. The van der Waals surface area contributed by atoms with Gasteiger partial charge in [0.2, 0.25) is 0 Å². The van der Waals surface area contributed by atoms with Gasteiger partial charge in [0, 0.05) is 72.3 Å². The van der Waals surface area contributed by atoms with Crippen molar-refractivity contribution in [1.82, 2.24) is 34.2 Å². The maximum atomic E-state index is 13.8. The first-order chi connectivity index (χ1) is 27.1. The van der Waals surface area contributed by atoms with Gasteiger partial charge in [0.05, 0.1) is 23.8 Å². The van der Waals surface area contributed by atoms with Crippen molar-refractivity contribution in [3.63, 3.8) is 0 Å². The van der Waals surface area contributed by atoms with Gasteiger partial charge in [-0.15, -0.1) is 0 Å². The maximum absolute atomic E-state index is 13.8. The van der Waals surface area contributed by atoms with Crippen LogP contribution in [-0.2, 0) is 25.8 Å². The lowest BCUT2D eigenvalue weighted by Crippen LogP contribution is -2.19. The molecule has 0 aliphatic carbocycles. The van der Waals surface area contributed by atoms with Crippen LogP contribution in [-0.4, -0.2) is 47.2 Å². The van der Waals surface area contributed by atoms with Gasteiger partial charge in [-0.25, -0.2) is 33.7 Å². The fourth-order valence-electron chi connectivity index (χ4n) is 7.31. The lowest BCUT2D eigenvalue weighted by atomic mass is 9.84. The zero-order valence-electron chi connectivity index (χ0n) is 32.5. The molecule has 1 aromatic carbocycles. The van der Waals surface area contributed by atoms with Crippen LogP contribution in [0.25, 0.3) is 50.8 Å². The molecule has 288 valence electrons. The van der Waals surface area contributed by atoms with E-state index in [1.54, 1.807) is 48.6 Å². The molecule has 0 saturated heterocycles. The summed E-state index contributed by atoms with van der Waals surface area (Å²) in [4.78, 5) is 37.2. The number of halogens is 2. The second kappa shape index (κ2) is 14.2. The van der Waals surface area contributed by atoms with Gasteiger partial charge >= 0.3 is 0 Å². The molecule has 1 amide bonds. The van der Waals surface area contributed by atoms with E-state index in [1.165, 1.54) is 6.07 Å². The van der Waals surface area contributed by atoms with Crippen molar-refractivity contribution in [2.45, 2.75) is 66.9 Å². The highest BCUT2D eigenvalue weighted by atomic mass is 19.3. The quantitative estimate of drug-likeness (QED) is 0.133. The smallest absolute Gasteiger partial charge is 0.280 e. The molecule has 13 heteroatoms. The number of rotatable bonds is 10. The Labute approximate surface area is 328 Å². The average Bonchev–Trinajstić information content (AvgIpc) is 3.97. The molecule has 0 fully saturated rings. The van der Waals surface area contributed by atoms with Crippen LogP contribution in [0.2, 0.25) is 0 Å². The molecule has 6 aromatic heterocycles. The SMILES string of the molecule is CN1Cc2ccc(-c3nc(C(F)F)ccc3-c3cnc(CC(C)(C)Cc4cnc5cc(-c6nc(C#N)ccc6-c6cnc(CC(C)(C)C)o6)ccn45)o3)cc2C1=O. The molecule has 7 aromatic rings. The highest BCUT2D eigenvalue weighted by molar-refractivity contribution is 5.99. The van der Waals surface area contributed by atoms with E-state index in [1.807, 2.05) is 41.1 Å². The largest absolute Gasteiger partial charge is 0.441 e. The summed E-state index contributed by atoms with van der Waals surface area (Å²) >= 11 is 0. The first-order valence-electron chi connectivity index (χ1n) is 18.6. The van der Waals surface area contributed by atoms with Crippen molar-refractivity contribution in [1.29, 1.82) is 5.26 Å².